The maximum Gasteiger partial charge on any atom is 0.335 e. The molecule has 1 aromatic heterocycles. The fourth-order valence-corrected chi connectivity index (χ4v) is 2.80. The van der Waals surface area contributed by atoms with Crippen LogP contribution in [0.1, 0.15) is 24.2 Å². The number of pyridine rings is 1. The number of amides is 2. The summed E-state index contributed by atoms with van der Waals surface area (Å²) < 4.78 is 5.73. The Morgan fingerprint density at radius 2 is 1.93 bits per heavy atom. The van der Waals surface area contributed by atoms with Crippen LogP contribution in [0, 0.1) is 5.92 Å². The normalized spacial score (nSPS) is 15.8. The Labute approximate surface area is 161 Å². The minimum Gasteiger partial charge on any atom is -0.478 e. The molecule has 4 N–H and O–H groups in total. The SMILES string of the molecule is CC(C)C1Oc2ccc(N)nc2N(CC(=O)Nc2ccc(C(=O)O)cc2)C1=O. The molecule has 9 nitrogen and oxygen atoms in total. The molecule has 0 aliphatic carbocycles. The monoisotopic (exact) mass is 384 g/mol. The molecule has 2 heterocycles. The van der Waals surface area contributed by atoms with Gasteiger partial charge in [-0.05, 0) is 42.3 Å². The number of carbonyl (C=O) groups is 3. The van der Waals surface area contributed by atoms with E-state index in [9.17, 15) is 14.4 Å². The first kappa shape index (κ1) is 19.2. The Hall–Kier alpha value is -3.62. The van der Waals surface area contributed by atoms with Crippen LogP contribution in [-0.4, -0.2) is 40.5 Å². The number of hydrogen-bond acceptors (Lipinski definition) is 6. The number of carboxylic acids is 1. The third kappa shape index (κ3) is 3.88. The summed E-state index contributed by atoms with van der Waals surface area (Å²) in [5, 5.41) is 11.6. The van der Waals surface area contributed by atoms with Crippen molar-refractivity contribution in [3.8, 4) is 5.75 Å². The average Bonchev–Trinajstić information content (AvgIpc) is 2.64. The molecule has 1 aromatic carbocycles. The molecule has 28 heavy (non-hydrogen) atoms. The third-order valence-electron chi connectivity index (χ3n) is 4.20. The third-order valence-corrected chi connectivity index (χ3v) is 4.20. The Morgan fingerprint density at radius 1 is 1.25 bits per heavy atom. The van der Waals surface area contributed by atoms with E-state index in [2.05, 4.69) is 10.3 Å². The van der Waals surface area contributed by atoms with Gasteiger partial charge in [0.15, 0.2) is 17.7 Å². The molecule has 9 heteroatoms. The van der Waals surface area contributed by atoms with Gasteiger partial charge in [-0.15, -0.1) is 0 Å². The van der Waals surface area contributed by atoms with Gasteiger partial charge in [0.05, 0.1) is 5.56 Å². The quantitative estimate of drug-likeness (QED) is 0.715. The summed E-state index contributed by atoms with van der Waals surface area (Å²) in [5.74, 6) is -1.23. The number of nitrogens with two attached hydrogens (primary N) is 1. The highest BCUT2D eigenvalue weighted by Gasteiger charge is 2.38. The molecule has 0 saturated carbocycles. The van der Waals surface area contributed by atoms with Crippen LogP contribution < -0.4 is 20.7 Å². The molecule has 1 aliphatic rings. The largest absolute Gasteiger partial charge is 0.478 e. The number of aromatic carboxylic acids is 1. The summed E-state index contributed by atoms with van der Waals surface area (Å²) in [6.45, 7) is 3.41. The first-order chi connectivity index (χ1) is 13.3. The molecule has 0 fully saturated rings. The van der Waals surface area contributed by atoms with Crippen molar-refractivity contribution in [2.24, 2.45) is 5.92 Å². The van der Waals surface area contributed by atoms with Gasteiger partial charge in [-0.25, -0.2) is 9.78 Å². The zero-order valence-electron chi connectivity index (χ0n) is 15.4. The van der Waals surface area contributed by atoms with Gasteiger partial charge < -0.3 is 20.9 Å². The molecule has 1 unspecified atom stereocenters. The summed E-state index contributed by atoms with van der Waals surface area (Å²) >= 11 is 0. The van der Waals surface area contributed by atoms with Crippen LogP contribution in [-0.2, 0) is 9.59 Å². The maximum absolute atomic E-state index is 12.8. The minimum atomic E-state index is -1.06. The van der Waals surface area contributed by atoms with Crippen LogP contribution >= 0.6 is 0 Å². The van der Waals surface area contributed by atoms with E-state index in [1.807, 2.05) is 13.8 Å². The number of carbonyl (C=O) groups excluding carboxylic acids is 2. The molecular formula is C19H20N4O5. The molecule has 1 aliphatic heterocycles. The average molecular weight is 384 g/mol. The molecule has 2 aromatic rings. The Bertz CT molecular complexity index is 926. The smallest absolute Gasteiger partial charge is 0.335 e. The van der Waals surface area contributed by atoms with Crippen molar-refractivity contribution in [2.45, 2.75) is 20.0 Å². The summed E-state index contributed by atoms with van der Waals surface area (Å²) in [7, 11) is 0. The number of ether oxygens (including phenoxy) is 1. The van der Waals surface area contributed by atoms with E-state index in [0.29, 0.717) is 11.4 Å². The van der Waals surface area contributed by atoms with E-state index >= 15 is 0 Å². The maximum atomic E-state index is 12.8. The predicted molar refractivity (Wildman–Crippen MR) is 102 cm³/mol. The second-order valence-corrected chi connectivity index (χ2v) is 6.70. The number of fused-ring (bicyclic) bond motifs is 1. The number of hydrogen-bond donors (Lipinski definition) is 3. The van der Waals surface area contributed by atoms with Crippen molar-refractivity contribution >= 4 is 35.1 Å². The van der Waals surface area contributed by atoms with E-state index in [1.54, 1.807) is 12.1 Å². The van der Waals surface area contributed by atoms with Gasteiger partial charge in [-0.1, -0.05) is 13.8 Å². The highest BCUT2D eigenvalue weighted by atomic mass is 16.5. The number of anilines is 3. The summed E-state index contributed by atoms with van der Waals surface area (Å²) in [5.41, 5.74) is 6.24. The standard InChI is InChI=1S/C19H20N4O5/c1-10(2)16-18(25)23(17-13(28-16)7-8-14(20)22-17)9-15(24)21-12-5-3-11(4-6-12)19(26)27/h3-8,10,16H,9H2,1-2H3,(H2,20,22)(H,21,24)(H,26,27). The van der Waals surface area contributed by atoms with Gasteiger partial charge in [0.1, 0.15) is 12.4 Å². The predicted octanol–water partition coefficient (Wildman–Crippen LogP) is 1.75. The second kappa shape index (κ2) is 7.55. The fraction of sp³-hybridized carbons (Fsp3) is 0.263. The van der Waals surface area contributed by atoms with Crippen LogP contribution in [0.4, 0.5) is 17.3 Å². The van der Waals surface area contributed by atoms with E-state index in [1.165, 1.54) is 29.2 Å². The van der Waals surface area contributed by atoms with Crippen molar-refractivity contribution in [1.29, 1.82) is 0 Å². The van der Waals surface area contributed by atoms with Gasteiger partial charge in [0.2, 0.25) is 5.91 Å². The lowest BCUT2D eigenvalue weighted by Crippen LogP contribution is -2.51. The highest BCUT2D eigenvalue weighted by Crippen LogP contribution is 2.34. The van der Waals surface area contributed by atoms with Gasteiger partial charge >= 0.3 is 5.97 Å². The van der Waals surface area contributed by atoms with E-state index in [4.69, 9.17) is 15.6 Å². The number of nitrogen functional groups attached to an aromatic ring is 1. The Morgan fingerprint density at radius 3 is 2.54 bits per heavy atom. The van der Waals surface area contributed by atoms with Gasteiger partial charge in [0, 0.05) is 5.69 Å². The molecule has 1 atom stereocenters. The highest BCUT2D eigenvalue weighted by molar-refractivity contribution is 6.05. The van der Waals surface area contributed by atoms with Crippen molar-refractivity contribution in [2.75, 3.05) is 22.5 Å². The van der Waals surface area contributed by atoms with Crippen molar-refractivity contribution in [3.63, 3.8) is 0 Å². The summed E-state index contributed by atoms with van der Waals surface area (Å²) in [6.07, 6.45) is -0.736. The molecular weight excluding hydrogens is 364 g/mol. The molecule has 0 bridgehead atoms. The lowest BCUT2D eigenvalue weighted by atomic mass is 10.0. The first-order valence-corrected chi connectivity index (χ1v) is 8.64. The number of carboxylic acid groups (broad SMARTS) is 1. The molecule has 146 valence electrons. The zero-order valence-corrected chi connectivity index (χ0v) is 15.4. The van der Waals surface area contributed by atoms with Crippen molar-refractivity contribution in [3.05, 3.63) is 42.0 Å². The van der Waals surface area contributed by atoms with Gasteiger partial charge in [0.25, 0.3) is 5.91 Å². The van der Waals surface area contributed by atoms with Crippen LogP contribution in [0.15, 0.2) is 36.4 Å². The summed E-state index contributed by atoms with van der Waals surface area (Å²) in [4.78, 5) is 41.6. The number of nitrogens with one attached hydrogen (secondary N) is 1. The Balaban J connectivity index is 1.81. The lowest BCUT2D eigenvalue weighted by Gasteiger charge is -2.34. The van der Waals surface area contributed by atoms with E-state index in [0.717, 1.165) is 0 Å². The lowest BCUT2D eigenvalue weighted by molar-refractivity contribution is -0.129. The van der Waals surface area contributed by atoms with Crippen LogP contribution in [0.2, 0.25) is 0 Å². The number of rotatable bonds is 5. The van der Waals surface area contributed by atoms with E-state index < -0.39 is 18.0 Å². The van der Waals surface area contributed by atoms with E-state index in [-0.39, 0.29) is 35.6 Å². The fourth-order valence-electron chi connectivity index (χ4n) is 2.80. The second-order valence-electron chi connectivity index (χ2n) is 6.70. The molecule has 0 radical (unpaired) electrons. The Kier molecular flexibility index (Phi) is 5.16. The zero-order chi connectivity index (χ0) is 20.4. The number of benzene rings is 1. The van der Waals surface area contributed by atoms with Crippen molar-refractivity contribution in [1.82, 2.24) is 4.98 Å². The number of nitrogens with zero attached hydrogens (tertiary/aromatic N) is 2. The van der Waals surface area contributed by atoms with Crippen molar-refractivity contribution < 1.29 is 24.2 Å². The molecule has 2 amide bonds. The van der Waals surface area contributed by atoms with Crippen LogP contribution in [0.5, 0.6) is 5.75 Å². The summed E-state index contributed by atoms with van der Waals surface area (Å²) in [6, 6.07) is 8.89. The van der Waals surface area contributed by atoms with Gasteiger partial charge in [-0.2, -0.15) is 0 Å². The van der Waals surface area contributed by atoms with Gasteiger partial charge in [-0.3, -0.25) is 14.5 Å². The van der Waals surface area contributed by atoms with Crippen LogP contribution in [0.3, 0.4) is 0 Å². The first-order valence-electron chi connectivity index (χ1n) is 8.64. The molecule has 0 spiro atoms. The molecule has 3 rings (SSSR count). The molecule has 0 saturated heterocycles. The topological polar surface area (TPSA) is 135 Å². The van der Waals surface area contributed by atoms with Crippen LogP contribution in [0.25, 0.3) is 0 Å². The number of aromatic nitrogens is 1. The minimum absolute atomic E-state index is 0.104.